The minimum Gasteiger partial charge on any atom is -0.396 e. The maximum absolute atomic E-state index is 5.91. The number of aryl methyl sites for hydroxylation is 1. The van der Waals surface area contributed by atoms with Crippen molar-refractivity contribution in [3.8, 4) is 0 Å². The van der Waals surface area contributed by atoms with Gasteiger partial charge in [-0.05, 0) is 39.8 Å². The topological polar surface area (TPSA) is 47.1 Å². The molecule has 1 aromatic rings. The van der Waals surface area contributed by atoms with Crippen molar-refractivity contribution in [3.63, 3.8) is 0 Å². The summed E-state index contributed by atoms with van der Waals surface area (Å²) in [4.78, 5) is 2.37. The van der Waals surface area contributed by atoms with Crippen LogP contribution in [0.2, 0.25) is 0 Å². The smallest absolute Gasteiger partial charge is 0.0825 e. The second-order valence-corrected chi connectivity index (χ2v) is 4.68. The zero-order chi connectivity index (χ0) is 11.0. The number of aromatic nitrogens is 2. The minimum atomic E-state index is 0.729. The lowest BCUT2D eigenvalue weighted by Gasteiger charge is -2.11. The zero-order valence-corrected chi connectivity index (χ0v) is 9.82. The normalized spacial score (nSPS) is 22.5. The third-order valence-corrected chi connectivity index (χ3v) is 3.36. The third-order valence-electron chi connectivity index (χ3n) is 3.36. The van der Waals surface area contributed by atoms with Gasteiger partial charge in [0.2, 0.25) is 0 Å². The lowest BCUT2D eigenvalue weighted by Crippen LogP contribution is -2.18. The maximum atomic E-state index is 5.91. The number of rotatable bonds is 2. The number of likely N-dealkylation sites (tertiary alicyclic amines) is 1. The van der Waals surface area contributed by atoms with Gasteiger partial charge >= 0.3 is 0 Å². The summed E-state index contributed by atoms with van der Waals surface area (Å²) in [5.41, 5.74) is 8.83. The van der Waals surface area contributed by atoms with E-state index in [9.17, 15) is 0 Å². The van der Waals surface area contributed by atoms with Crippen LogP contribution in [-0.2, 0) is 6.54 Å². The summed E-state index contributed by atoms with van der Waals surface area (Å²) in [7, 11) is 2.18. The van der Waals surface area contributed by atoms with Crippen LogP contribution in [-0.4, -0.2) is 34.8 Å². The fourth-order valence-corrected chi connectivity index (χ4v) is 2.31. The van der Waals surface area contributed by atoms with E-state index in [1.54, 1.807) is 0 Å². The van der Waals surface area contributed by atoms with Gasteiger partial charge in [0.25, 0.3) is 0 Å². The van der Waals surface area contributed by atoms with Gasteiger partial charge in [0, 0.05) is 13.1 Å². The Labute approximate surface area is 91.1 Å². The van der Waals surface area contributed by atoms with Crippen molar-refractivity contribution in [3.05, 3.63) is 11.4 Å². The van der Waals surface area contributed by atoms with Gasteiger partial charge in [-0.1, -0.05) is 0 Å². The standard InChI is InChI=1S/C11H20N4/c1-8-11(12)9(2)15(13-8)7-10-4-5-14(3)6-10/h10H,4-7,12H2,1-3H3. The first-order valence-corrected chi connectivity index (χ1v) is 5.56. The molecule has 1 aliphatic heterocycles. The highest BCUT2D eigenvalue weighted by atomic mass is 15.3. The molecule has 2 N–H and O–H groups in total. The van der Waals surface area contributed by atoms with Crippen LogP contribution in [0.15, 0.2) is 0 Å². The molecule has 0 aromatic carbocycles. The first-order valence-electron chi connectivity index (χ1n) is 5.56. The van der Waals surface area contributed by atoms with Crippen LogP contribution in [0.5, 0.6) is 0 Å². The molecular formula is C11H20N4. The second-order valence-electron chi connectivity index (χ2n) is 4.68. The van der Waals surface area contributed by atoms with E-state index in [4.69, 9.17) is 5.73 Å². The molecule has 1 unspecified atom stereocenters. The van der Waals surface area contributed by atoms with E-state index in [0.29, 0.717) is 0 Å². The van der Waals surface area contributed by atoms with Crippen LogP contribution in [0.3, 0.4) is 0 Å². The van der Waals surface area contributed by atoms with Gasteiger partial charge in [0.1, 0.15) is 0 Å². The molecule has 0 spiro atoms. The number of nitrogen functional groups attached to an aromatic ring is 1. The zero-order valence-electron chi connectivity index (χ0n) is 9.82. The predicted molar refractivity (Wildman–Crippen MR) is 61.7 cm³/mol. The van der Waals surface area contributed by atoms with Gasteiger partial charge in [-0.25, -0.2) is 0 Å². The molecule has 1 fully saturated rings. The Morgan fingerprint density at radius 3 is 2.67 bits per heavy atom. The van der Waals surface area contributed by atoms with Gasteiger partial charge in [-0.15, -0.1) is 0 Å². The molecule has 0 aliphatic carbocycles. The van der Waals surface area contributed by atoms with E-state index in [1.165, 1.54) is 19.5 Å². The predicted octanol–water partition coefficient (Wildman–Crippen LogP) is 1.03. The van der Waals surface area contributed by atoms with E-state index < -0.39 is 0 Å². The average molecular weight is 208 g/mol. The molecule has 15 heavy (non-hydrogen) atoms. The molecule has 0 bridgehead atoms. The number of hydrogen-bond acceptors (Lipinski definition) is 3. The summed E-state index contributed by atoms with van der Waals surface area (Å²) in [6.45, 7) is 7.42. The summed E-state index contributed by atoms with van der Waals surface area (Å²) in [5.74, 6) is 0.729. The summed E-state index contributed by atoms with van der Waals surface area (Å²) >= 11 is 0. The average Bonchev–Trinajstić information content (AvgIpc) is 2.68. The molecule has 2 heterocycles. The quantitative estimate of drug-likeness (QED) is 0.789. The van der Waals surface area contributed by atoms with Crippen molar-refractivity contribution in [1.29, 1.82) is 0 Å². The Morgan fingerprint density at radius 1 is 1.47 bits per heavy atom. The SMILES string of the molecule is Cc1nn(CC2CCN(C)C2)c(C)c1N. The molecule has 0 saturated carbocycles. The number of nitrogens with two attached hydrogens (primary N) is 1. The first-order chi connectivity index (χ1) is 7.08. The van der Waals surface area contributed by atoms with Crippen molar-refractivity contribution < 1.29 is 0 Å². The molecule has 1 atom stereocenters. The van der Waals surface area contributed by atoms with E-state index in [2.05, 4.69) is 21.7 Å². The van der Waals surface area contributed by atoms with E-state index >= 15 is 0 Å². The fourth-order valence-electron chi connectivity index (χ4n) is 2.31. The Morgan fingerprint density at radius 2 is 2.20 bits per heavy atom. The highest BCUT2D eigenvalue weighted by Gasteiger charge is 2.21. The minimum absolute atomic E-state index is 0.729. The largest absolute Gasteiger partial charge is 0.396 e. The van der Waals surface area contributed by atoms with Crippen LogP contribution < -0.4 is 5.73 Å². The lowest BCUT2D eigenvalue weighted by molar-refractivity contribution is 0.368. The molecule has 2 rings (SSSR count). The molecule has 4 heteroatoms. The monoisotopic (exact) mass is 208 g/mol. The molecule has 4 nitrogen and oxygen atoms in total. The van der Waals surface area contributed by atoms with Crippen LogP contribution in [0, 0.1) is 19.8 Å². The van der Waals surface area contributed by atoms with E-state index in [1.807, 2.05) is 13.8 Å². The Kier molecular flexibility index (Phi) is 2.69. The van der Waals surface area contributed by atoms with Crippen LogP contribution in [0.4, 0.5) is 5.69 Å². The van der Waals surface area contributed by atoms with Crippen LogP contribution in [0.25, 0.3) is 0 Å². The third kappa shape index (κ3) is 2.00. The molecular weight excluding hydrogens is 188 g/mol. The maximum Gasteiger partial charge on any atom is 0.0825 e. The Balaban J connectivity index is 2.08. The van der Waals surface area contributed by atoms with Crippen LogP contribution in [0.1, 0.15) is 17.8 Å². The molecule has 1 aliphatic rings. The molecule has 1 saturated heterocycles. The van der Waals surface area contributed by atoms with Crippen molar-refractivity contribution in [2.24, 2.45) is 5.92 Å². The summed E-state index contributed by atoms with van der Waals surface area (Å²) < 4.78 is 2.06. The van der Waals surface area contributed by atoms with Crippen molar-refractivity contribution in [2.45, 2.75) is 26.8 Å². The fraction of sp³-hybridized carbons (Fsp3) is 0.727. The first kappa shape index (κ1) is 10.5. The second kappa shape index (κ2) is 3.85. The highest BCUT2D eigenvalue weighted by Crippen LogP contribution is 2.20. The number of nitrogens with zero attached hydrogens (tertiary/aromatic N) is 3. The van der Waals surface area contributed by atoms with Crippen molar-refractivity contribution in [2.75, 3.05) is 25.9 Å². The molecule has 0 radical (unpaired) electrons. The van der Waals surface area contributed by atoms with Gasteiger partial charge in [-0.3, -0.25) is 4.68 Å². The Bertz CT molecular complexity index is 356. The van der Waals surface area contributed by atoms with E-state index in [-0.39, 0.29) is 0 Å². The Hall–Kier alpha value is -1.03. The van der Waals surface area contributed by atoms with Crippen LogP contribution >= 0.6 is 0 Å². The number of hydrogen-bond donors (Lipinski definition) is 1. The lowest BCUT2D eigenvalue weighted by atomic mass is 10.1. The summed E-state index contributed by atoms with van der Waals surface area (Å²) in [6, 6.07) is 0. The van der Waals surface area contributed by atoms with Gasteiger partial charge < -0.3 is 10.6 Å². The van der Waals surface area contributed by atoms with Gasteiger partial charge in [0.05, 0.1) is 17.1 Å². The number of anilines is 1. The molecule has 1 aromatic heterocycles. The van der Waals surface area contributed by atoms with Crippen molar-refractivity contribution >= 4 is 5.69 Å². The highest BCUT2D eigenvalue weighted by molar-refractivity contribution is 5.46. The van der Waals surface area contributed by atoms with Gasteiger partial charge in [0.15, 0.2) is 0 Å². The van der Waals surface area contributed by atoms with Gasteiger partial charge in [-0.2, -0.15) is 5.10 Å². The molecule has 84 valence electrons. The van der Waals surface area contributed by atoms with E-state index in [0.717, 1.165) is 29.5 Å². The summed E-state index contributed by atoms with van der Waals surface area (Å²) in [5, 5.41) is 4.47. The molecule has 0 amide bonds. The summed E-state index contributed by atoms with van der Waals surface area (Å²) in [6.07, 6.45) is 1.27. The van der Waals surface area contributed by atoms with Crippen molar-refractivity contribution in [1.82, 2.24) is 14.7 Å².